The maximum absolute atomic E-state index is 11.0. The fraction of sp³-hybridized carbons (Fsp3) is 0.667. The molecular formula is C6H14N4OS. The molecule has 1 amide bonds. The van der Waals surface area contributed by atoms with Gasteiger partial charge in [-0.1, -0.05) is 11.8 Å². The molecule has 0 saturated heterocycles. The molecule has 0 spiro atoms. The van der Waals surface area contributed by atoms with Crippen LogP contribution in [-0.2, 0) is 4.79 Å². The summed E-state index contributed by atoms with van der Waals surface area (Å²) in [6.07, 6.45) is 0.452. The van der Waals surface area contributed by atoms with E-state index in [0.29, 0.717) is 17.3 Å². The summed E-state index contributed by atoms with van der Waals surface area (Å²) in [6, 6.07) is 0. The van der Waals surface area contributed by atoms with E-state index in [2.05, 4.69) is 5.10 Å². The minimum absolute atomic E-state index is 0.0762. The normalized spacial score (nSPS) is 11.3. The molecule has 4 N–H and O–H groups in total. The Bertz CT molecular complexity index is 180. The van der Waals surface area contributed by atoms with Gasteiger partial charge in [0.25, 0.3) is 0 Å². The van der Waals surface area contributed by atoms with Crippen LogP contribution >= 0.6 is 11.8 Å². The first-order chi connectivity index (χ1) is 5.57. The van der Waals surface area contributed by atoms with E-state index in [-0.39, 0.29) is 5.91 Å². The first-order valence-electron chi connectivity index (χ1n) is 3.44. The average molecular weight is 190 g/mol. The molecule has 0 unspecified atom stereocenters. The molecule has 0 aromatic carbocycles. The molecule has 0 rings (SSSR count). The molecule has 0 aromatic rings. The quantitative estimate of drug-likeness (QED) is 0.269. The van der Waals surface area contributed by atoms with Crippen LogP contribution in [0.3, 0.4) is 0 Å². The summed E-state index contributed by atoms with van der Waals surface area (Å²) in [6.45, 7) is 0. The lowest BCUT2D eigenvalue weighted by Crippen LogP contribution is -2.22. The maximum atomic E-state index is 11.0. The van der Waals surface area contributed by atoms with Gasteiger partial charge >= 0.3 is 0 Å². The molecule has 0 bridgehead atoms. The second-order valence-corrected chi connectivity index (χ2v) is 3.47. The first kappa shape index (κ1) is 11.1. The predicted molar refractivity (Wildman–Crippen MR) is 51.6 cm³/mol. The van der Waals surface area contributed by atoms with Gasteiger partial charge in [0.15, 0.2) is 5.17 Å². The molecule has 0 aliphatic carbocycles. The zero-order chi connectivity index (χ0) is 9.56. The molecule has 5 nitrogen and oxygen atoms in total. The van der Waals surface area contributed by atoms with E-state index in [1.54, 1.807) is 14.1 Å². The molecule has 0 saturated carbocycles. The Morgan fingerprint density at radius 3 is 2.58 bits per heavy atom. The minimum atomic E-state index is 0.0762. The topological polar surface area (TPSA) is 84.7 Å². The van der Waals surface area contributed by atoms with Crippen molar-refractivity contribution in [1.29, 1.82) is 0 Å². The van der Waals surface area contributed by atoms with Crippen molar-refractivity contribution in [3.63, 3.8) is 0 Å². The van der Waals surface area contributed by atoms with Crippen LogP contribution in [0, 0.1) is 0 Å². The predicted octanol–water partition coefficient (Wildman–Crippen LogP) is -0.614. The van der Waals surface area contributed by atoms with Crippen molar-refractivity contribution >= 4 is 22.8 Å². The standard InChI is InChI=1S/C6H14N4OS/c1-10(2)5(11)3-4-12-6(7)9-8/h3-4,8H2,1-2H3,(H2,7,9). The van der Waals surface area contributed by atoms with Crippen LogP contribution in [-0.4, -0.2) is 35.8 Å². The number of amidine groups is 1. The van der Waals surface area contributed by atoms with Gasteiger partial charge in [0.2, 0.25) is 5.91 Å². The molecule has 6 heteroatoms. The van der Waals surface area contributed by atoms with Crippen LogP contribution in [0.2, 0.25) is 0 Å². The van der Waals surface area contributed by atoms with Gasteiger partial charge in [-0.05, 0) is 0 Å². The summed E-state index contributed by atoms with van der Waals surface area (Å²) >= 11 is 1.28. The third-order valence-electron chi connectivity index (χ3n) is 1.19. The Labute approximate surface area is 76.2 Å². The van der Waals surface area contributed by atoms with Crippen molar-refractivity contribution in [2.45, 2.75) is 6.42 Å². The van der Waals surface area contributed by atoms with Gasteiger partial charge in [0.05, 0.1) is 0 Å². The van der Waals surface area contributed by atoms with Crippen LogP contribution in [0.15, 0.2) is 5.10 Å². The number of carbonyl (C=O) groups excluding carboxylic acids is 1. The monoisotopic (exact) mass is 190 g/mol. The van der Waals surface area contributed by atoms with Crippen molar-refractivity contribution in [3.8, 4) is 0 Å². The molecule has 12 heavy (non-hydrogen) atoms. The van der Waals surface area contributed by atoms with E-state index in [1.807, 2.05) is 0 Å². The average Bonchev–Trinajstić information content (AvgIpc) is 2.03. The Morgan fingerprint density at radius 2 is 2.17 bits per heavy atom. The SMILES string of the molecule is CN(C)C(=O)CCSC(N)=NN. The fourth-order valence-electron chi connectivity index (χ4n) is 0.504. The Kier molecular flexibility index (Phi) is 5.27. The molecule has 0 aromatic heterocycles. The van der Waals surface area contributed by atoms with E-state index >= 15 is 0 Å². The molecule has 70 valence electrons. The number of nitrogens with two attached hydrogens (primary N) is 2. The Hall–Kier alpha value is -0.910. The van der Waals surface area contributed by atoms with Crippen molar-refractivity contribution < 1.29 is 4.79 Å². The van der Waals surface area contributed by atoms with Gasteiger partial charge in [0, 0.05) is 26.3 Å². The van der Waals surface area contributed by atoms with Gasteiger partial charge in [-0.25, -0.2) is 0 Å². The summed E-state index contributed by atoms with van der Waals surface area (Å²) in [5, 5.41) is 3.57. The third-order valence-corrected chi connectivity index (χ3v) is 2.00. The number of hydrazone groups is 1. The van der Waals surface area contributed by atoms with Crippen molar-refractivity contribution in [1.82, 2.24) is 4.90 Å². The molecule has 0 aliphatic heterocycles. The highest BCUT2D eigenvalue weighted by molar-refractivity contribution is 8.13. The number of hydrogen-bond acceptors (Lipinski definition) is 4. The zero-order valence-electron chi connectivity index (χ0n) is 7.28. The molecule has 0 fully saturated rings. The van der Waals surface area contributed by atoms with Gasteiger partial charge in [-0.3, -0.25) is 4.79 Å². The Morgan fingerprint density at radius 1 is 1.58 bits per heavy atom. The maximum Gasteiger partial charge on any atom is 0.222 e. The van der Waals surface area contributed by atoms with Crippen LogP contribution in [0.4, 0.5) is 0 Å². The zero-order valence-corrected chi connectivity index (χ0v) is 8.10. The second kappa shape index (κ2) is 5.70. The fourth-order valence-corrected chi connectivity index (χ4v) is 1.06. The Balaban J connectivity index is 3.51. The number of nitrogens with zero attached hydrogens (tertiary/aromatic N) is 2. The minimum Gasteiger partial charge on any atom is -0.377 e. The molecule has 0 heterocycles. The highest BCUT2D eigenvalue weighted by Crippen LogP contribution is 2.02. The van der Waals surface area contributed by atoms with E-state index in [4.69, 9.17) is 11.6 Å². The van der Waals surface area contributed by atoms with Gasteiger partial charge in [-0.2, -0.15) is 5.10 Å². The van der Waals surface area contributed by atoms with Gasteiger partial charge in [-0.15, -0.1) is 0 Å². The summed E-state index contributed by atoms with van der Waals surface area (Å²) < 4.78 is 0. The van der Waals surface area contributed by atoms with Gasteiger partial charge in [0.1, 0.15) is 0 Å². The first-order valence-corrected chi connectivity index (χ1v) is 4.42. The summed E-state index contributed by atoms with van der Waals surface area (Å²) in [7, 11) is 3.43. The van der Waals surface area contributed by atoms with Crippen molar-refractivity contribution in [2.24, 2.45) is 16.7 Å². The lowest BCUT2D eigenvalue weighted by molar-refractivity contribution is -0.128. The summed E-state index contributed by atoms with van der Waals surface area (Å²) in [4.78, 5) is 12.6. The van der Waals surface area contributed by atoms with Crippen molar-refractivity contribution in [2.75, 3.05) is 19.8 Å². The van der Waals surface area contributed by atoms with Crippen LogP contribution in [0.5, 0.6) is 0 Å². The molecule has 0 atom stereocenters. The van der Waals surface area contributed by atoms with E-state index in [1.165, 1.54) is 16.7 Å². The van der Waals surface area contributed by atoms with E-state index < -0.39 is 0 Å². The highest BCUT2D eigenvalue weighted by atomic mass is 32.2. The van der Waals surface area contributed by atoms with Crippen molar-refractivity contribution in [3.05, 3.63) is 0 Å². The number of carbonyl (C=O) groups is 1. The smallest absolute Gasteiger partial charge is 0.222 e. The number of hydrogen-bond donors (Lipinski definition) is 2. The largest absolute Gasteiger partial charge is 0.377 e. The molecular weight excluding hydrogens is 176 g/mol. The summed E-state index contributed by atoms with van der Waals surface area (Å²) in [5.74, 6) is 5.59. The third kappa shape index (κ3) is 4.84. The van der Waals surface area contributed by atoms with E-state index in [9.17, 15) is 4.79 Å². The van der Waals surface area contributed by atoms with Crippen LogP contribution in [0.25, 0.3) is 0 Å². The number of rotatable bonds is 3. The van der Waals surface area contributed by atoms with E-state index in [0.717, 1.165) is 0 Å². The molecule has 0 radical (unpaired) electrons. The highest BCUT2D eigenvalue weighted by Gasteiger charge is 2.03. The van der Waals surface area contributed by atoms with Gasteiger partial charge < -0.3 is 16.5 Å². The molecule has 0 aliphatic rings. The van der Waals surface area contributed by atoms with Crippen LogP contribution in [0.1, 0.15) is 6.42 Å². The number of amides is 1. The number of thioether (sulfide) groups is 1. The second-order valence-electron chi connectivity index (χ2n) is 2.35. The summed E-state index contributed by atoms with van der Waals surface area (Å²) in [5.41, 5.74) is 5.30. The lowest BCUT2D eigenvalue weighted by atomic mass is 10.4. The lowest BCUT2D eigenvalue weighted by Gasteiger charge is -2.08. The van der Waals surface area contributed by atoms with Crippen LogP contribution < -0.4 is 11.6 Å².